The van der Waals surface area contributed by atoms with Crippen LogP contribution in [0.15, 0.2) is 0 Å². The van der Waals surface area contributed by atoms with Crippen molar-refractivity contribution in [2.24, 2.45) is 35.0 Å². The van der Waals surface area contributed by atoms with Crippen molar-refractivity contribution in [2.75, 3.05) is 39.6 Å². The Hall–Kier alpha value is -0.200. The molecule has 204 valence electrons. The first kappa shape index (κ1) is 31.8. The van der Waals surface area contributed by atoms with E-state index in [1.807, 2.05) is 6.92 Å². The third kappa shape index (κ3) is 8.44. The summed E-state index contributed by atoms with van der Waals surface area (Å²) in [5, 5.41) is 0. The average Bonchev–Trinajstić information content (AvgIpc) is 2.81. The zero-order chi connectivity index (χ0) is 26.0. The Morgan fingerprint density at radius 1 is 0.471 bits per heavy atom. The third-order valence-electron chi connectivity index (χ3n) is 8.39. The second-order valence-electron chi connectivity index (χ2n) is 12.0. The van der Waals surface area contributed by atoms with Crippen molar-refractivity contribution in [2.45, 2.75) is 113 Å². The molecule has 0 amide bonds. The Morgan fingerprint density at radius 2 is 0.853 bits per heavy atom. The molecular weight excluding hydrogens is 428 g/mol. The van der Waals surface area contributed by atoms with Gasteiger partial charge in [0.2, 0.25) is 0 Å². The maximum Gasteiger partial charge on any atom is 0.172 e. The molecule has 3 rings (SSSR count). The van der Waals surface area contributed by atoms with Crippen LogP contribution in [0.5, 0.6) is 0 Å². The van der Waals surface area contributed by atoms with Crippen LogP contribution in [0.1, 0.15) is 102 Å². The first-order valence-electron chi connectivity index (χ1n) is 14.0. The van der Waals surface area contributed by atoms with E-state index >= 15 is 0 Å². The van der Waals surface area contributed by atoms with E-state index in [0.717, 1.165) is 64.3 Å². The van der Waals surface area contributed by atoms with Gasteiger partial charge in [0.15, 0.2) is 11.6 Å². The van der Waals surface area contributed by atoms with E-state index in [-0.39, 0.29) is 11.6 Å². The van der Waals surface area contributed by atoms with Gasteiger partial charge >= 0.3 is 0 Å². The molecule has 0 unspecified atom stereocenters. The number of hydrogen-bond donors (Lipinski definition) is 0. The lowest BCUT2D eigenvalue weighted by Crippen LogP contribution is -2.49. The molecule has 3 fully saturated rings. The summed E-state index contributed by atoms with van der Waals surface area (Å²) in [5.74, 6) is 2.24. The van der Waals surface area contributed by atoms with E-state index < -0.39 is 0 Å². The van der Waals surface area contributed by atoms with Crippen LogP contribution >= 0.6 is 0 Å². The maximum absolute atomic E-state index is 5.77. The van der Waals surface area contributed by atoms with Crippen molar-refractivity contribution in [1.82, 2.24) is 0 Å². The SMILES string of the molecule is CC(C)C1(C(C)C)CCOCC1.CC(C)C1(C(C)C)OCCCO1.CC(C)C1(C)OCCCO1. The summed E-state index contributed by atoms with van der Waals surface area (Å²) in [7, 11) is 0. The summed E-state index contributed by atoms with van der Waals surface area (Å²) in [6.07, 6.45) is 4.56. The molecule has 0 aromatic carbocycles. The summed E-state index contributed by atoms with van der Waals surface area (Å²) in [4.78, 5) is 0. The van der Waals surface area contributed by atoms with Crippen molar-refractivity contribution in [1.29, 1.82) is 0 Å². The molecule has 5 nitrogen and oxygen atoms in total. The van der Waals surface area contributed by atoms with E-state index in [0.29, 0.717) is 23.2 Å². The lowest BCUT2D eigenvalue weighted by Gasteiger charge is -2.44. The van der Waals surface area contributed by atoms with Crippen LogP contribution < -0.4 is 0 Å². The van der Waals surface area contributed by atoms with Crippen LogP contribution in [0.25, 0.3) is 0 Å². The minimum Gasteiger partial charge on any atom is -0.381 e. The summed E-state index contributed by atoms with van der Waals surface area (Å²) >= 11 is 0. The van der Waals surface area contributed by atoms with Crippen LogP contribution in [0.3, 0.4) is 0 Å². The normalized spacial score (nSPS) is 24.0. The first-order chi connectivity index (χ1) is 15.8. The molecule has 3 aliphatic heterocycles. The molecule has 0 atom stereocenters. The fraction of sp³-hybridized carbons (Fsp3) is 1.00. The molecule has 3 heterocycles. The Morgan fingerprint density at radius 3 is 1.09 bits per heavy atom. The van der Waals surface area contributed by atoms with Gasteiger partial charge in [-0.05, 0) is 49.9 Å². The standard InChI is InChI=1S/C11H22O.C10H20O2.C8H16O2/c1-9(2)11(10(3)4)5-7-12-8-6-11;1-8(2)10(9(3)4)11-6-5-7-12-10;1-7(2)8(3)9-5-4-6-10-8/h9-10H,5-8H2,1-4H3;8-9H,5-7H2,1-4H3;7H,4-6H2,1-3H3. The second-order valence-corrected chi connectivity index (χ2v) is 12.0. The Bertz CT molecular complexity index is 469. The molecular formula is C29H58O5. The summed E-state index contributed by atoms with van der Waals surface area (Å²) in [6, 6.07) is 0. The number of rotatable bonds is 5. The van der Waals surface area contributed by atoms with E-state index in [2.05, 4.69) is 69.2 Å². The van der Waals surface area contributed by atoms with Gasteiger partial charge in [0.25, 0.3) is 0 Å². The number of hydrogen-bond acceptors (Lipinski definition) is 5. The Labute approximate surface area is 212 Å². The van der Waals surface area contributed by atoms with Gasteiger partial charge in [-0.2, -0.15) is 0 Å². The van der Waals surface area contributed by atoms with Crippen LogP contribution in [-0.2, 0) is 23.7 Å². The minimum atomic E-state index is -0.321. The van der Waals surface area contributed by atoms with Gasteiger partial charge in [-0.1, -0.05) is 69.2 Å². The van der Waals surface area contributed by atoms with E-state index in [1.54, 1.807) is 0 Å². The van der Waals surface area contributed by atoms with E-state index in [4.69, 9.17) is 23.7 Å². The minimum absolute atomic E-state index is 0.321. The molecule has 5 heteroatoms. The molecule has 0 radical (unpaired) electrons. The van der Waals surface area contributed by atoms with E-state index in [1.165, 1.54) is 12.8 Å². The van der Waals surface area contributed by atoms with Gasteiger partial charge in [-0.3, -0.25) is 0 Å². The van der Waals surface area contributed by atoms with Gasteiger partial charge in [-0.25, -0.2) is 0 Å². The Kier molecular flexibility index (Phi) is 13.6. The van der Waals surface area contributed by atoms with Gasteiger partial charge in [0.05, 0.1) is 26.4 Å². The molecule has 34 heavy (non-hydrogen) atoms. The zero-order valence-corrected chi connectivity index (χ0v) is 24.5. The van der Waals surface area contributed by atoms with Gasteiger partial charge in [0.1, 0.15) is 0 Å². The van der Waals surface area contributed by atoms with Crippen LogP contribution in [0, 0.1) is 35.0 Å². The quantitative estimate of drug-likeness (QED) is 0.407. The fourth-order valence-corrected chi connectivity index (χ4v) is 5.45. The molecule has 0 N–H and O–H groups in total. The van der Waals surface area contributed by atoms with Crippen LogP contribution in [0.4, 0.5) is 0 Å². The van der Waals surface area contributed by atoms with Crippen molar-refractivity contribution in [3.05, 3.63) is 0 Å². The van der Waals surface area contributed by atoms with Crippen LogP contribution in [0.2, 0.25) is 0 Å². The maximum atomic E-state index is 5.77. The lowest BCUT2D eigenvalue weighted by molar-refractivity contribution is -0.310. The molecule has 0 spiro atoms. The monoisotopic (exact) mass is 486 g/mol. The average molecular weight is 487 g/mol. The largest absolute Gasteiger partial charge is 0.381 e. The summed E-state index contributed by atoms with van der Waals surface area (Å²) in [6.45, 7) is 29.6. The predicted octanol–water partition coefficient (Wildman–Crippen LogP) is 7.32. The third-order valence-corrected chi connectivity index (χ3v) is 8.39. The second kappa shape index (κ2) is 14.5. The highest BCUT2D eigenvalue weighted by atomic mass is 16.7. The predicted molar refractivity (Wildman–Crippen MR) is 141 cm³/mol. The smallest absolute Gasteiger partial charge is 0.172 e. The van der Waals surface area contributed by atoms with Gasteiger partial charge in [-0.15, -0.1) is 0 Å². The van der Waals surface area contributed by atoms with Crippen molar-refractivity contribution in [3.63, 3.8) is 0 Å². The first-order valence-corrected chi connectivity index (χ1v) is 14.0. The van der Waals surface area contributed by atoms with E-state index in [9.17, 15) is 0 Å². The molecule has 0 bridgehead atoms. The molecule has 0 aliphatic carbocycles. The highest BCUT2D eigenvalue weighted by Crippen LogP contribution is 2.44. The lowest BCUT2D eigenvalue weighted by atomic mass is 9.64. The summed E-state index contributed by atoms with van der Waals surface area (Å²) < 4.78 is 28.0. The summed E-state index contributed by atoms with van der Waals surface area (Å²) in [5.41, 5.74) is 0.554. The van der Waals surface area contributed by atoms with Crippen molar-refractivity contribution < 1.29 is 23.7 Å². The molecule has 0 aromatic rings. The zero-order valence-electron chi connectivity index (χ0n) is 24.5. The molecule has 3 aliphatic rings. The molecule has 0 aromatic heterocycles. The topological polar surface area (TPSA) is 46.2 Å². The van der Waals surface area contributed by atoms with Gasteiger partial charge < -0.3 is 23.7 Å². The fourth-order valence-electron chi connectivity index (χ4n) is 5.45. The molecule has 3 saturated heterocycles. The highest BCUT2D eigenvalue weighted by molar-refractivity contribution is 4.87. The van der Waals surface area contributed by atoms with Crippen LogP contribution in [-0.4, -0.2) is 51.2 Å². The number of ether oxygens (including phenoxy) is 5. The highest BCUT2D eigenvalue weighted by Gasteiger charge is 2.41. The van der Waals surface area contributed by atoms with Gasteiger partial charge in [0, 0.05) is 31.0 Å². The Balaban J connectivity index is 0.000000256. The van der Waals surface area contributed by atoms with Crippen molar-refractivity contribution in [3.8, 4) is 0 Å². The van der Waals surface area contributed by atoms with Crippen molar-refractivity contribution >= 4 is 0 Å². The molecule has 0 saturated carbocycles.